The van der Waals surface area contributed by atoms with Crippen LogP contribution in [0.15, 0.2) is 82.4 Å². The van der Waals surface area contributed by atoms with Crippen LogP contribution in [0.3, 0.4) is 0 Å². The SMILES string of the molecule is O=Nc1ccc(C(=O)N2CCN(c3nc(C(F)(F)F)nc(-c4ccccc4)c3-c3ccccc3)CC2)o1. The molecule has 1 saturated heterocycles. The molecule has 0 N–H and O–H groups in total. The van der Waals surface area contributed by atoms with E-state index in [0.717, 1.165) is 0 Å². The first-order valence-corrected chi connectivity index (χ1v) is 11.4. The lowest BCUT2D eigenvalue weighted by Gasteiger charge is -2.36. The molecule has 2 aromatic heterocycles. The molecule has 0 atom stereocenters. The van der Waals surface area contributed by atoms with E-state index in [4.69, 9.17) is 4.42 Å². The summed E-state index contributed by atoms with van der Waals surface area (Å²) in [6, 6.07) is 20.4. The van der Waals surface area contributed by atoms with Gasteiger partial charge >= 0.3 is 6.18 Å². The topological polar surface area (TPSA) is 91.9 Å². The lowest BCUT2D eigenvalue weighted by molar-refractivity contribution is -0.144. The van der Waals surface area contributed by atoms with Crippen molar-refractivity contribution in [2.45, 2.75) is 6.18 Å². The van der Waals surface area contributed by atoms with Crippen molar-refractivity contribution < 1.29 is 22.4 Å². The lowest BCUT2D eigenvalue weighted by Crippen LogP contribution is -2.49. The van der Waals surface area contributed by atoms with Gasteiger partial charge in [-0.3, -0.25) is 4.79 Å². The third-order valence-corrected chi connectivity index (χ3v) is 6.01. The van der Waals surface area contributed by atoms with Gasteiger partial charge in [0, 0.05) is 43.0 Å². The van der Waals surface area contributed by atoms with Gasteiger partial charge in [-0.1, -0.05) is 60.7 Å². The fourth-order valence-corrected chi connectivity index (χ4v) is 4.25. The first-order valence-electron chi connectivity index (χ1n) is 11.4. The molecule has 0 spiro atoms. The minimum absolute atomic E-state index is 0.0271. The Morgan fingerprint density at radius 2 is 1.46 bits per heavy atom. The van der Waals surface area contributed by atoms with Crippen molar-refractivity contribution in [3.05, 3.63) is 89.3 Å². The number of anilines is 1. The van der Waals surface area contributed by atoms with Crippen molar-refractivity contribution in [2.24, 2.45) is 5.18 Å². The summed E-state index contributed by atoms with van der Waals surface area (Å²) in [5.74, 6) is -1.75. The predicted molar refractivity (Wildman–Crippen MR) is 130 cm³/mol. The molecule has 2 aromatic carbocycles. The van der Waals surface area contributed by atoms with Gasteiger partial charge in [0.15, 0.2) is 5.76 Å². The third-order valence-electron chi connectivity index (χ3n) is 6.01. The fourth-order valence-electron chi connectivity index (χ4n) is 4.25. The smallest absolute Gasteiger partial charge is 0.430 e. The Kier molecular flexibility index (Phi) is 6.43. The number of aromatic nitrogens is 2. The lowest BCUT2D eigenvalue weighted by atomic mass is 9.98. The molecular formula is C26H20F3N5O3. The highest BCUT2D eigenvalue weighted by Gasteiger charge is 2.38. The summed E-state index contributed by atoms with van der Waals surface area (Å²) < 4.78 is 46.9. The largest absolute Gasteiger partial charge is 0.451 e. The summed E-state index contributed by atoms with van der Waals surface area (Å²) in [6.07, 6.45) is -4.76. The van der Waals surface area contributed by atoms with E-state index >= 15 is 0 Å². The van der Waals surface area contributed by atoms with Crippen LogP contribution < -0.4 is 4.90 Å². The number of nitrogens with zero attached hydrogens (tertiary/aromatic N) is 5. The standard InChI is InChI=1S/C26H20F3N5O3/c27-26(28,29)25-30-22(18-9-5-2-6-10-18)21(17-7-3-1-4-8-17)23(31-25)33-13-15-34(16-14-33)24(35)19-11-12-20(32-36)37-19/h1-12H,13-16H2. The monoisotopic (exact) mass is 507 g/mol. The van der Waals surface area contributed by atoms with Crippen LogP contribution in [0.1, 0.15) is 16.4 Å². The number of alkyl halides is 3. The van der Waals surface area contributed by atoms with Crippen LogP contribution in [0.2, 0.25) is 0 Å². The van der Waals surface area contributed by atoms with E-state index in [9.17, 15) is 22.9 Å². The minimum Gasteiger partial charge on any atom is -0.430 e. The summed E-state index contributed by atoms with van der Waals surface area (Å²) in [4.78, 5) is 34.6. The van der Waals surface area contributed by atoms with Gasteiger partial charge in [0.05, 0.1) is 11.3 Å². The van der Waals surface area contributed by atoms with Gasteiger partial charge in [-0.25, -0.2) is 9.97 Å². The van der Waals surface area contributed by atoms with Gasteiger partial charge in [0.25, 0.3) is 11.8 Å². The van der Waals surface area contributed by atoms with Crippen molar-refractivity contribution in [2.75, 3.05) is 31.1 Å². The Morgan fingerprint density at radius 1 is 0.838 bits per heavy atom. The van der Waals surface area contributed by atoms with Crippen molar-refractivity contribution in [3.8, 4) is 22.4 Å². The molecule has 5 rings (SSSR count). The van der Waals surface area contributed by atoms with Crippen LogP contribution in [-0.4, -0.2) is 47.0 Å². The molecule has 0 bridgehead atoms. The molecule has 37 heavy (non-hydrogen) atoms. The molecule has 8 nitrogen and oxygen atoms in total. The van der Waals surface area contributed by atoms with E-state index in [1.54, 1.807) is 59.5 Å². The number of amides is 1. The zero-order valence-corrected chi connectivity index (χ0v) is 19.4. The number of furan rings is 1. The Hall–Kier alpha value is -4.54. The Bertz CT molecular complexity index is 1420. The van der Waals surface area contributed by atoms with E-state index in [-0.39, 0.29) is 49.3 Å². The summed E-state index contributed by atoms with van der Waals surface area (Å²) in [5.41, 5.74) is 1.86. The van der Waals surface area contributed by atoms with E-state index < -0.39 is 17.9 Å². The zero-order valence-electron chi connectivity index (χ0n) is 19.4. The summed E-state index contributed by atoms with van der Waals surface area (Å²) in [6.45, 7) is 0.883. The Morgan fingerprint density at radius 3 is 2.03 bits per heavy atom. The number of hydrogen-bond acceptors (Lipinski definition) is 7. The number of benzene rings is 2. The molecule has 4 aromatic rings. The minimum atomic E-state index is -4.76. The van der Waals surface area contributed by atoms with Crippen LogP contribution >= 0.6 is 0 Å². The maximum absolute atomic E-state index is 13.9. The molecule has 0 saturated carbocycles. The number of piperazine rings is 1. The molecule has 1 fully saturated rings. The number of carbonyl (C=O) groups excluding carboxylic acids is 1. The summed E-state index contributed by atoms with van der Waals surface area (Å²) in [5, 5.41) is 2.67. The third kappa shape index (κ3) is 4.92. The number of hydrogen-bond donors (Lipinski definition) is 0. The molecule has 0 aliphatic carbocycles. The van der Waals surface area contributed by atoms with Crippen molar-refractivity contribution >= 4 is 17.6 Å². The highest BCUT2D eigenvalue weighted by molar-refractivity contribution is 5.92. The first-order chi connectivity index (χ1) is 17.8. The Balaban J connectivity index is 1.55. The van der Waals surface area contributed by atoms with Crippen LogP contribution in [0, 0.1) is 4.91 Å². The molecule has 1 aliphatic rings. The average Bonchev–Trinajstić information content (AvgIpc) is 3.42. The van der Waals surface area contributed by atoms with Gasteiger partial charge in [0.2, 0.25) is 5.82 Å². The van der Waals surface area contributed by atoms with Gasteiger partial charge in [-0.05, 0) is 11.6 Å². The van der Waals surface area contributed by atoms with Crippen LogP contribution in [0.5, 0.6) is 0 Å². The second-order valence-electron chi connectivity index (χ2n) is 8.33. The Labute approximate surface area is 209 Å². The number of halogens is 3. The van der Waals surface area contributed by atoms with Gasteiger partial charge in [-0.2, -0.15) is 13.2 Å². The van der Waals surface area contributed by atoms with Crippen LogP contribution in [-0.2, 0) is 6.18 Å². The number of nitroso groups, excluding NO2 is 1. The number of carbonyl (C=O) groups is 1. The fraction of sp³-hybridized carbons (Fsp3) is 0.192. The highest BCUT2D eigenvalue weighted by atomic mass is 19.4. The van der Waals surface area contributed by atoms with Gasteiger partial charge < -0.3 is 14.2 Å². The maximum atomic E-state index is 13.9. The molecule has 0 radical (unpaired) electrons. The van der Waals surface area contributed by atoms with Gasteiger partial charge in [-0.15, -0.1) is 4.91 Å². The molecule has 188 valence electrons. The second-order valence-corrected chi connectivity index (χ2v) is 8.33. The zero-order chi connectivity index (χ0) is 26.0. The molecule has 1 aliphatic heterocycles. The van der Waals surface area contributed by atoms with E-state index in [1.807, 2.05) is 6.07 Å². The first kappa shape index (κ1) is 24.2. The molecule has 3 heterocycles. The van der Waals surface area contributed by atoms with Crippen molar-refractivity contribution in [3.63, 3.8) is 0 Å². The maximum Gasteiger partial charge on any atom is 0.451 e. The molecule has 11 heteroatoms. The predicted octanol–water partition coefficient (Wildman–Crippen LogP) is 5.78. The average molecular weight is 507 g/mol. The normalized spacial score (nSPS) is 14.0. The van der Waals surface area contributed by atoms with Crippen molar-refractivity contribution in [1.29, 1.82) is 0 Å². The van der Waals surface area contributed by atoms with Crippen molar-refractivity contribution in [1.82, 2.24) is 14.9 Å². The summed E-state index contributed by atoms with van der Waals surface area (Å²) in [7, 11) is 0. The number of rotatable bonds is 5. The summed E-state index contributed by atoms with van der Waals surface area (Å²) >= 11 is 0. The quantitative estimate of drug-likeness (QED) is 0.318. The molecular weight excluding hydrogens is 487 g/mol. The van der Waals surface area contributed by atoms with E-state index in [2.05, 4.69) is 15.1 Å². The van der Waals surface area contributed by atoms with E-state index in [0.29, 0.717) is 16.7 Å². The second kappa shape index (κ2) is 9.84. The van der Waals surface area contributed by atoms with E-state index in [1.165, 1.54) is 17.0 Å². The molecule has 0 unspecified atom stereocenters. The van der Waals surface area contributed by atoms with Crippen LogP contribution in [0.25, 0.3) is 22.4 Å². The molecule has 1 amide bonds. The van der Waals surface area contributed by atoms with Crippen LogP contribution in [0.4, 0.5) is 24.9 Å². The highest BCUT2D eigenvalue weighted by Crippen LogP contribution is 2.40. The van der Waals surface area contributed by atoms with Gasteiger partial charge in [0.1, 0.15) is 5.82 Å².